The summed E-state index contributed by atoms with van der Waals surface area (Å²) in [5.41, 5.74) is 2.91. The third-order valence-corrected chi connectivity index (χ3v) is 1.98. The maximum atomic E-state index is 4.26. The van der Waals surface area contributed by atoms with Crippen molar-refractivity contribution in [1.82, 2.24) is 0 Å². The van der Waals surface area contributed by atoms with Gasteiger partial charge in [0, 0.05) is 12.8 Å². The van der Waals surface area contributed by atoms with E-state index < -0.39 is 0 Å². The number of rotatable bonds is 5. The molecule has 0 radical (unpaired) electrons. The minimum atomic E-state index is 0.892. The normalized spacial score (nSPS) is 13.7. The van der Waals surface area contributed by atoms with Crippen LogP contribution < -0.4 is 0 Å². The van der Waals surface area contributed by atoms with E-state index in [0.29, 0.717) is 0 Å². The van der Waals surface area contributed by atoms with Crippen molar-refractivity contribution in [3.63, 3.8) is 0 Å². The van der Waals surface area contributed by atoms with Crippen LogP contribution in [0.4, 0.5) is 0 Å². The van der Waals surface area contributed by atoms with Gasteiger partial charge in [-0.15, -0.1) is 0 Å². The van der Waals surface area contributed by atoms with Crippen molar-refractivity contribution in [1.29, 1.82) is 0 Å². The molecule has 0 saturated heterocycles. The highest BCUT2D eigenvalue weighted by molar-refractivity contribution is 5.79. The van der Waals surface area contributed by atoms with Crippen molar-refractivity contribution >= 4 is 6.21 Å². The van der Waals surface area contributed by atoms with E-state index in [1.807, 2.05) is 6.21 Å². The van der Waals surface area contributed by atoms with Crippen LogP contribution in [0.2, 0.25) is 0 Å². The third-order valence-electron chi connectivity index (χ3n) is 1.98. The molecule has 0 aliphatic rings. The number of hydrogen-bond donors (Lipinski definition) is 0. The summed E-state index contributed by atoms with van der Waals surface area (Å²) in [4.78, 5) is 4.26. The first-order valence-electron chi connectivity index (χ1n) is 4.94. The molecule has 0 fully saturated rings. The first-order valence-corrected chi connectivity index (χ1v) is 4.94. The SMILES string of the molecule is CCC/C(C)=C(\C=N/CC)CC. The number of hydrogen-bond acceptors (Lipinski definition) is 1. The lowest BCUT2D eigenvalue weighted by Gasteiger charge is -2.03. The van der Waals surface area contributed by atoms with E-state index in [4.69, 9.17) is 0 Å². The molecule has 0 amide bonds. The fourth-order valence-electron chi connectivity index (χ4n) is 1.24. The average Bonchev–Trinajstić information content (AvgIpc) is 2.06. The number of nitrogens with zero attached hydrogens (tertiary/aromatic N) is 1. The second kappa shape index (κ2) is 7.08. The molecule has 0 atom stereocenters. The van der Waals surface area contributed by atoms with E-state index >= 15 is 0 Å². The summed E-state index contributed by atoms with van der Waals surface area (Å²) >= 11 is 0. The van der Waals surface area contributed by atoms with Gasteiger partial charge >= 0.3 is 0 Å². The summed E-state index contributed by atoms with van der Waals surface area (Å²) in [6.07, 6.45) is 5.58. The summed E-state index contributed by atoms with van der Waals surface area (Å²) in [5.74, 6) is 0. The van der Waals surface area contributed by atoms with Gasteiger partial charge in [0.25, 0.3) is 0 Å². The van der Waals surface area contributed by atoms with Gasteiger partial charge in [0.15, 0.2) is 0 Å². The standard InChI is InChI=1S/C11H21N/c1-5-8-10(4)11(6-2)9-12-7-3/h9H,5-8H2,1-4H3/b11-10-,12-9-. The minimum Gasteiger partial charge on any atom is -0.293 e. The molecule has 0 aliphatic carbocycles. The van der Waals surface area contributed by atoms with Crippen molar-refractivity contribution in [2.45, 2.75) is 47.0 Å². The largest absolute Gasteiger partial charge is 0.293 e. The fourth-order valence-corrected chi connectivity index (χ4v) is 1.24. The van der Waals surface area contributed by atoms with Crippen LogP contribution in [-0.4, -0.2) is 12.8 Å². The molecule has 0 N–H and O–H groups in total. The van der Waals surface area contributed by atoms with Crippen LogP contribution >= 0.6 is 0 Å². The lowest BCUT2D eigenvalue weighted by molar-refractivity contribution is 0.888. The molecule has 0 bridgehead atoms. The molecule has 70 valence electrons. The van der Waals surface area contributed by atoms with Crippen LogP contribution in [0, 0.1) is 0 Å². The molecule has 0 aliphatic heterocycles. The van der Waals surface area contributed by atoms with Gasteiger partial charge in [-0.3, -0.25) is 4.99 Å². The smallest absolute Gasteiger partial charge is 0.0361 e. The zero-order valence-corrected chi connectivity index (χ0v) is 8.85. The Labute approximate surface area is 76.6 Å². The molecular formula is C11H21N. The van der Waals surface area contributed by atoms with E-state index in [2.05, 4.69) is 32.7 Å². The first kappa shape index (κ1) is 11.4. The topological polar surface area (TPSA) is 12.4 Å². The van der Waals surface area contributed by atoms with Gasteiger partial charge in [-0.2, -0.15) is 0 Å². The molecule has 0 heterocycles. The van der Waals surface area contributed by atoms with Gasteiger partial charge in [0.2, 0.25) is 0 Å². The zero-order chi connectivity index (χ0) is 9.40. The third kappa shape index (κ3) is 4.32. The number of allylic oxidation sites excluding steroid dienone is 2. The van der Waals surface area contributed by atoms with Crippen molar-refractivity contribution in [3.8, 4) is 0 Å². The second-order valence-corrected chi connectivity index (χ2v) is 3.04. The van der Waals surface area contributed by atoms with Gasteiger partial charge in [0.1, 0.15) is 0 Å². The Balaban J connectivity index is 4.27. The highest BCUT2D eigenvalue weighted by Gasteiger charge is 1.95. The Hall–Kier alpha value is -0.590. The highest BCUT2D eigenvalue weighted by Crippen LogP contribution is 2.11. The molecule has 0 spiro atoms. The van der Waals surface area contributed by atoms with E-state index in [9.17, 15) is 0 Å². The van der Waals surface area contributed by atoms with Gasteiger partial charge in [-0.25, -0.2) is 0 Å². The Bertz CT molecular complexity index is 166. The maximum Gasteiger partial charge on any atom is 0.0361 e. The quantitative estimate of drug-likeness (QED) is 0.555. The fraction of sp³-hybridized carbons (Fsp3) is 0.727. The summed E-state index contributed by atoms with van der Waals surface area (Å²) in [5, 5.41) is 0. The van der Waals surface area contributed by atoms with Crippen molar-refractivity contribution in [2.24, 2.45) is 4.99 Å². The van der Waals surface area contributed by atoms with Crippen molar-refractivity contribution < 1.29 is 0 Å². The molecule has 0 saturated carbocycles. The zero-order valence-electron chi connectivity index (χ0n) is 8.85. The first-order chi connectivity index (χ1) is 5.76. The van der Waals surface area contributed by atoms with Crippen LogP contribution in [-0.2, 0) is 0 Å². The van der Waals surface area contributed by atoms with Crippen molar-refractivity contribution in [3.05, 3.63) is 11.1 Å². The maximum absolute atomic E-state index is 4.26. The summed E-state index contributed by atoms with van der Waals surface area (Å²) in [7, 11) is 0. The molecule has 1 heteroatoms. The summed E-state index contributed by atoms with van der Waals surface area (Å²) < 4.78 is 0. The molecule has 0 aromatic rings. The monoisotopic (exact) mass is 167 g/mol. The van der Waals surface area contributed by atoms with Gasteiger partial charge in [0.05, 0.1) is 0 Å². The van der Waals surface area contributed by atoms with E-state index in [1.165, 1.54) is 24.0 Å². The second-order valence-electron chi connectivity index (χ2n) is 3.04. The van der Waals surface area contributed by atoms with Crippen LogP contribution in [0.3, 0.4) is 0 Å². The molecule has 1 nitrogen and oxygen atoms in total. The molecular weight excluding hydrogens is 146 g/mol. The molecule has 0 aromatic carbocycles. The summed E-state index contributed by atoms with van der Waals surface area (Å²) in [6.45, 7) is 9.58. The van der Waals surface area contributed by atoms with Crippen LogP contribution in [0.5, 0.6) is 0 Å². The Morgan fingerprint density at radius 3 is 2.33 bits per heavy atom. The molecule has 0 aromatic heterocycles. The predicted octanol–water partition coefficient (Wildman–Crippen LogP) is 3.60. The lowest BCUT2D eigenvalue weighted by atomic mass is 10.0. The van der Waals surface area contributed by atoms with Crippen molar-refractivity contribution in [2.75, 3.05) is 6.54 Å². The summed E-state index contributed by atoms with van der Waals surface area (Å²) in [6, 6.07) is 0. The minimum absolute atomic E-state index is 0.892. The Morgan fingerprint density at radius 1 is 1.25 bits per heavy atom. The lowest BCUT2D eigenvalue weighted by Crippen LogP contribution is -1.90. The average molecular weight is 167 g/mol. The number of aliphatic imine (C=N–C) groups is 1. The van der Waals surface area contributed by atoms with E-state index in [1.54, 1.807) is 0 Å². The highest BCUT2D eigenvalue weighted by atomic mass is 14.7. The predicted molar refractivity (Wildman–Crippen MR) is 56.9 cm³/mol. The Morgan fingerprint density at radius 2 is 1.92 bits per heavy atom. The molecule has 12 heavy (non-hydrogen) atoms. The van der Waals surface area contributed by atoms with Crippen LogP contribution in [0.1, 0.15) is 47.0 Å². The van der Waals surface area contributed by atoms with Crippen LogP contribution in [0.25, 0.3) is 0 Å². The van der Waals surface area contributed by atoms with E-state index in [-0.39, 0.29) is 0 Å². The molecule has 0 rings (SSSR count). The van der Waals surface area contributed by atoms with E-state index in [0.717, 1.165) is 13.0 Å². The van der Waals surface area contributed by atoms with Gasteiger partial charge in [-0.05, 0) is 32.3 Å². The Kier molecular flexibility index (Phi) is 6.73. The van der Waals surface area contributed by atoms with Gasteiger partial charge in [-0.1, -0.05) is 25.8 Å². The van der Waals surface area contributed by atoms with Crippen LogP contribution in [0.15, 0.2) is 16.1 Å². The van der Waals surface area contributed by atoms with Gasteiger partial charge < -0.3 is 0 Å². The molecule has 0 unspecified atom stereocenters.